The van der Waals surface area contributed by atoms with Crippen molar-refractivity contribution in [2.45, 2.75) is 82.6 Å². The topological polar surface area (TPSA) is 106 Å². The number of aliphatic hydroxyl groups excluding tert-OH is 2. The van der Waals surface area contributed by atoms with E-state index in [1.807, 2.05) is 20.8 Å². The van der Waals surface area contributed by atoms with E-state index < -0.39 is 53.4 Å². The minimum Gasteiger partial charge on any atom is -0.459 e. The number of aliphatic hydroxyl groups is 2. The molecule has 0 amide bonds. The third-order valence-corrected chi connectivity index (χ3v) is 8.72. The second kappa shape index (κ2) is 6.78. The highest BCUT2D eigenvalue weighted by Gasteiger charge is 2.89. The van der Waals surface area contributed by atoms with E-state index in [0.29, 0.717) is 29.6 Å². The van der Waals surface area contributed by atoms with Crippen LogP contribution in [-0.4, -0.2) is 57.8 Å². The first-order chi connectivity index (χ1) is 15.0. The summed E-state index contributed by atoms with van der Waals surface area (Å²) < 4.78 is 18.0. The fourth-order valence-electron chi connectivity index (χ4n) is 6.89. The summed E-state index contributed by atoms with van der Waals surface area (Å²) in [6.07, 6.45) is -1.75. The monoisotopic (exact) mass is 444 g/mol. The lowest BCUT2D eigenvalue weighted by Crippen LogP contribution is -2.55. The van der Waals surface area contributed by atoms with Gasteiger partial charge in [-0.05, 0) is 42.4 Å². The van der Waals surface area contributed by atoms with Crippen molar-refractivity contribution in [1.82, 2.24) is 0 Å². The molecule has 5 aliphatic rings. The summed E-state index contributed by atoms with van der Waals surface area (Å²) in [6.45, 7) is 15.9. The molecule has 0 aromatic rings. The van der Waals surface area contributed by atoms with Gasteiger partial charge in [0.25, 0.3) is 0 Å². The Bertz CT molecular complexity index is 965. The van der Waals surface area contributed by atoms with E-state index in [0.717, 1.165) is 5.57 Å². The molecular formula is C25H32O7. The third kappa shape index (κ3) is 2.42. The minimum absolute atomic E-state index is 0.0570. The number of rotatable bonds is 3. The van der Waals surface area contributed by atoms with Crippen LogP contribution in [0.2, 0.25) is 0 Å². The molecule has 0 spiro atoms. The van der Waals surface area contributed by atoms with Crippen LogP contribution in [0.3, 0.4) is 0 Å². The molecule has 5 rings (SSSR count). The van der Waals surface area contributed by atoms with E-state index in [-0.39, 0.29) is 24.2 Å². The molecule has 2 N–H and O–H groups in total. The van der Waals surface area contributed by atoms with Crippen LogP contribution in [0.25, 0.3) is 0 Å². The molecule has 1 saturated heterocycles. The van der Waals surface area contributed by atoms with Crippen molar-refractivity contribution in [3.8, 4) is 0 Å². The minimum atomic E-state index is -1.02. The molecule has 7 nitrogen and oxygen atoms in total. The van der Waals surface area contributed by atoms with E-state index in [1.54, 1.807) is 6.92 Å². The SMILES string of the molecule is C=C1[C@@H]2[C@H](C(=C)[C@H](O)[C@@]34C[C@@H](C)[C@@H](OC(=O)[C@@H](C)CC)[C@@]23O4)C2=C(C)C(=O)O[C@H]2C[C@@H]1O. The van der Waals surface area contributed by atoms with Gasteiger partial charge < -0.3 is 24.4 Å². The second-order valence-electron chi connectivity index (χ2n) is 10.4. The van der Waals surface area contributed by atoms with Crippen LogP contribution < -0.4 is 0 Å². The molecule has 3 saturated carbocycles. The van der Waals surface area contributed by atoms with Gasteiger partial charge in [-0.1, -0.05) is 33.9 Å². The molecule has 2 heterocycles. The number of epoxide rings is 1. The van der Waals surface area contributed by atoms with E-state index >= 15 is 0 Å². The normalized spacial score (nSPS) is 47.7. The lowest BCUT2D eigenvalue weighted by atomic mass is 9.59. The first-order valence-electron chi connectivity index (χ1n) is 11.6. The van der Waals surface area contributed by atoms with Crippen molar-refractivity contribution in [1.29, 1.82) is 0 Å². The van der Waals surface area contributed by atoms with Crippen LogP contribution in [0.5, 0.6) is 0 Å². The van der Waals surface area contributed by atoms with Crippen LogP contribution in [0.15, 0.2) is 35.5 Å². The Kier molecular flexibility index (Phi) is 4.63. The van der Waals surface area contributed by atoms with Gasteiger partial charge in [-0.2, -0.15) is 0 Å². The van der Waals surface area contributed by atoms with Crippen molar-refractivity contribution in [3.63, 3.8) is 0 Å². The summed E-state index contributed by atoms with van der Waals surface area (Å²) in [6, 6.07) is 0. The highest BCUT2D eigenvalue weighted by Crippen LogP contribution is 2.75. The van der Waals surface area contributed by atoms with Crippen molar-refractivity contribution in [3.05, 3.63) is 35.5 Å². The van der Waals surface area contributed by atoms with Crippen molar-refractivity contribution >= 4 is 11.9 Å². The fourth-order valence-corrected chi connectivity index (χ4v) is 6.89. The summed E-state index contributed by atoms with van der Waals surface area (Å²) in [5, 5.41) is 22.4. The van der Waals surface area contributed by atoms with Gasteiger partial charge >= 0.3 is 11.9 Å². The maximum absolute atomic E-state index is 12.8. The lowest BCUT2D eigenvalue weighted by molar-refractivity contribution is -0.162. The molecule has 0 radical (unpaired) electrons. The molecule has 10 atom stereocenters. The van der Waals surface area contributed by atoms with Gasteiger partial charge in [0.05, 0.1) is 12.0 Å². The number of hydrogen-bond donors (Lipinski definition) is 2. The molecule has 174 valence electrons. The quantitative estimate of drug-likeness (QED) is 0.391. The smallest absolute Gasteiger partial charge is 0.334 e. The standard InChI is InChI=1S/C25H32O7/c1-7-10(2)22(28)31-21-11(3)9-24-20(27)13(5)18-17-14(6)23(29)30-16(17)8-15(26)12(4)19(18)25(21,24)32-24/h10-11,15-16,18-21,26-27H,4-5,7-9H2,1-3,6H3/t10-,11+,15-,16-,18+,19+,20-,21+,24-,25-/m0/s1. The van der Waals surface area contributed by atoms with Gasteiger partial charge in [0.2, 0.25) is 0 Å². The van der Waals surface area contributed by atoms with Crippen molar-refractivity contribution in [2.75, 3.05) is 0 Å². The predicted molar refractivity (Wildman–Crippen MR) is 114 cm³/mol. The summed E-state index contributed by atoms with van der Waals surface area (Å²) in [5.41, 5.74) is 0.334. The summed E-state index contributed by atoms with van der Waals surface area (Å²) >= 11 is 0. The van der Waals surface area contributed by atoms with Crippen molar-refractivity contribution in [2.24, 2.45) is 23.7 Å². The van der Waals surface area contributed by atoms with Crippen LogP contribution in [0.1, 0.15) is 47.0 Å². The number of carbonyl (C=O) groups excluding carboxylic acids is 2. The zero-order valence-corrected chi connectivity index (χ0v) is 19.1. The zero-order valence-electron chi connectivity index (χ0n) is 19.1. The first kappa shape index (κ1) is 21.9. The Balaban J connectivity index is 1.66. The average Bonchev–Trinajstić information content (AvgIpc) is 3.29. The maximum Gasteiger partial charge on any atom is 0.334 e. The highest BCUT2D eigenvalue weighted by molar-refractivity contribution is 5.92. The second-order valence-corrected chi connectivity index (χ2v) is 10.4. The molecule has 2 aliphatic heterocycles. The van der Waals surface area contributed by atoms with Crippen LogP contribution in [-0.2, 0) is 23.8 Å². The summed E-state index contributed by atoms with van der Waals surface area (Å²) in [7, 11) is 0. The summed E-state index contributed by atoms with van der Waals surface area (Å²) in [4.78, 5) is 25.2. The van der Waals surface area contributed by atoms with Crippen LogP contribution in [0, 0.1) is 23.7 Å². The number of fused-ring (bicyclic) bond motifs is 3. The molecule has 4 fully saturated rings. The largest absolute Gasteiger partial charge is 0.459 e. The van der Waals surface area contributed by atoms with Gasteiger partial charge in [-0.25, -0.2) is 4.79 Å². The molecule has 0 unspecified atom stereocenters. The maximum atomic E-state index is 12.8. The Morgan fingerprint density at radius 1 is 1.31 bits per heavy atom. The Morgan fingerprint density at radius 2 is 2.00 bits per heavy atom. The van der Waals surface area contributed by atoms with E-state index in [1.165, 1.54) is 0 Å². The van der Waals surface area contributed by atoms with Crippen LogP contribution in [0.4, 0.5) is 0 Å². The van der Waals surface area contributed by atoms with E-state index in [2.05, 4.69) is 13.2 Å². The fraction of sp³-hybridized carbons (Fsp3) is 0.680. The number of carbonyl (C=O) groups is 2. The molecule has 7 heteroatoms. The molecule has 0 aromatic heterocycles. The first-order valence-corrected chi connectivity index (χ1v) is 11.6. The van der Waals surface area contributed by atoms with E-state index in [4.69, 9.17) is 14.2 Å². The predicted octanol–water partition coefficient (Wildman–Crippen LogP) is 2.22. The number of ether oxygens (including phenoxy) is 3. The van der Waals surface area contributed by atoms with Crippen molar-refractivity contribution < 1.29 is 34.0 Å². The lowest BCUT2D eigenvalue weighted by Gasteiger charge is -2.43. The van der Waals surface area contributed by atoms with Gasteiger partial charge in [0.15, 0.2) is 0 Å². The van der Waals surface area contributed by atoms with Gasteiger partial charge in [-0.3, -0.25) is 4.79 Å². The van der Waals surface area contributed by atoms with Gasteiger partial charge in [0.1, 0.15) is 29.5 Å². The molecule has 3 aliphatic carbocycles. The molecule has 32 heavy (non-hydrogen) atoms. The van der Waals surface area contributed by atoms with Gasteiger partial charge in [0, 0.05) is 23.8 Å². The Labute approximate surface area is 188 Å². The zero-order chi connectivity index (χ0) is 23.3. The molecule has 0 aromatic carbocycles. The Morgan fingerprint density at radius 3 is 2.66 bits per heavy atom. The van der Waals surface area contributed by atoms with Crippen LogP contribution >= 0.6 is 0 Å². The number of esters is 2. The number of hydrogen-bond acceptors (Lipinski definition) is 7. The van der Waals surface area contributed by atoms with E-state index in [9.17, 15) is 19.8 Å². The molecule has 0 bridgehead atoms. The van der Waals surface area contributed by atoms with Gasteiger partial charge in [-0.15, -0.1) is 0 Å². The Hall–Kier alpha value is -1.96. The molecular weight excluding hydrogens is 412 g/mol. The highest BCUT2D eigenvalue weighted by atomic mass is 16.7. The summed E-state index contributed by atoms with van der Waals surface area (Å²) in [5.74, 6) is -2.01. The third-order valence-electron chi connectivity index (χ3n) is 8.72. The average molecular weight is 445 g/mol.